The first-order valence-electron chi connectivity index (χ1n) is 6.99. The fourth-order valence-corrected chi connectivity index (χ4v) is 2.75. The van der Waals surface area contributed by atoms with E-state index in [2.05, 4.69) is 0 Å². The Morgan fingerprint density at radius 1 is 1.09 bits per heavy atom. The van der Waals surface area contributed by atoms with Crippen molar-refractivity contribution in [3.63, 3.8) is 0 Å². The van der Waals surface area contributed by atoms with Crippen LogP contribution >= 0.6 is 11.6 Å². The second kappa shape index (κ2) is 7.38. The monoisotopic (exact) mass is 321 g/mol. The van der Waals surface area contributed by atoms with Crippen molar-refractivity contribution in [2.24, 2.45) is 5.73 Å². The van der Waals surface area contributed by atoms with Crippen molar-refractivity contribution in [3.8, 4) is 17.2 Å². The lowest BCUT2D eigenvalue weighted by Gasteiger charge is -2.18. The largest absolute Gasteiger partial charge is 0.508 e. The van der Waals surface area contributed by atoms with Gasteiger partial charge in [0.15, 0.2) is 11.5 Å². The van der Waals surface area contributed by atoms with Crippen molar-refractivity contribution in [2.45, 2.75) is 12.3 Å². The van der Waals surface area contributed by atoms with Gasteiger partial charge < -0.3 is 20.3 Å². The highest BCUT2D eigenvalue weighted by atomic mass is 35.5. The second-order valence-electron chi connectivity index (χ2n) is 5.00. The average Bonchev–Trinajstić information content (AvgIpc) is 2.54. The molecule has 1 atom stereocenters. The summed E-state index contributed by atoms with van der Waals surface area (Å²) < 4.78 is 10.6. The predicted octanol–water partition coefficient (Wildman–Crippen LogP) is 3.35. The molecule has 0 aliphatic rings. The number of ether oxygens (including phenoxy) is 2. The fourth-order valence-electron chi connectivity index (χ4n) is 2.44. The quantitative estimate of drug-likeness (QED) is 0.856. The number of methoxy groups -OCH3 is 2. The van der Waals surface area contributed by atoms with E-state index in [9.17, 15) is 5.11 Å². The Kier molecular flexibility index (Phi) is 5.52. The van der Waals surface area contributed by atoms with Crippen LogP contribution in [0.2, 0.25) is 5.02 Å². The number of phenolic OH excluding ortho intramolecular Hbond substituents is 1. The van der Waals surface area contributed by atoms with Crippen LogP contribution in [-0.4, -0.2) is 25.9 Å². The first kappa shape index (κ1) is 16.5. The van der Waals surface area contributed by atoms with Gasteiger partial charge in [0, 0.05) is 5.92 Å². The Morgan fingerprint density at radius 2 is 1.77 bits per heavy atom. The normalized spacial score (nSPS) is 12.0. The number of aromatic hydroxyl groups is 1. The molecule has 0 aliphatic carbocycles. The summed E-state index contributed by atoms with van der Waals surface area (Å²) in [5, 5.41) is 9.93. The van der Waals surface area contributed by atoms with Gasteiger partial charge in [-0.15, -0.1) is 0 Å². The molecule has 0 aliphatic heterocycles. The summed E-state index contributed by atoms with van der Waals surface area (Å²) in [7, 11) is 3.14. The van der Waals surface area contributed by atoms with E-state index in [1.807, 2.05) is 24.3 Å². The van der Waals surface area contributed by atoms with Gasteiger partial charge in [-0.25, -0.2) is 0 Å². The summed E-state index contributed by atoms with van der Waals surface area (Å²) in [5.41, 5.74) is 7.91. The number of nitrogens with two attached hydrogens (primary N) is 1. The Hall–Kier alpha value is -1.91. The zero-order valence-electron chi connectivity index (χ0n) is 12.7. The molecule has 0 bridgehead atoms. The van der Waals surface area contributed by atoms with Crippen LogP contribution in [0.1, 0.15) is 17.0 Å². The lowest BCUT2D eigenvalue weighted by molar-refractivity contribution is 0.354. The van der Waals surface area contributed by atoms with Crippen LogP contribution in [0.15, 0.2) is 36.4 Å². The van der Waals surface area contributed by atoms with Crippen molar-refractivity contribution < 1.29 is 14.6 Å². The topological polar surface area (TPSA) is 64.7 Å². The molecule has 0 heterocycles. The summed E-state index contributed by atoms with van der Waals surface area (Å²) in [6, 6.07) is 10.8. The highest BCUT2D eigenvalue weighted by Crippen LogP contribution is 2.39. The van der Waals surface area contributed by atoms with Crippen molar-refractivity contribution >= 4 is 11.6 Å². The molecule has 22 heavy (non-hydrogen) atoms. The van der Waals surface area contributed by atoms with Crippen LogP contribution in [0.4, 0.5) is 0 Å². The van der Waals surface area contributed by atoms with Crippen LogP contribution < -0.4 is 15.2 Å². The van der Waals surface area contributed by atoms with Crippen molar-refractivity contribution in [2.75, 3.05) is 20.8 Å². The van der Waals surface area contributed by atoms with Gasteiger partial charge in [-0.2, -0.15) is 0 Å². The second-order valence-corrected chi connectivity index (χ2v) is 5.38. The van der Waals surface area contributed by atoms with E-state index >= 15 is 0 Å². The molecule has 0 spiro atoms. The summed E-state index contributed by atoms with van der Waals surface area (Å²) in [5.74, 6) is 1.48. The van der Waals surface area contributed by atoms with Crippen molar-refractivity contribution in [1.82, 2.24) is 0 Å². The molecule has 2 rings (SSSR count). The molecule has 0 saturated heterocycles. The van der Waals surface area contributed by atoms with E-state index in [1.54, 1.807) is 26.4 Å². The molecule has 118 valence electrons. The van der Waals surface area contributed by atoms with E-state index < -0.39 is 0 Å². The minimum absolute atomic E-state index is 0.108. The Morgan fingerprint density at radius 3 is 2.32 bits per heavy atom. The Labute approximate surface area is 135 Å². The molecular weight excluding hydrogens is 302 g/mol. The number of rotatable bonds is 6. The van der Waals surface area contributed by atoms with Gasteiger partial charge in [0.1, 0.15) is 5.75 Å². The summed E-state index contributed by atoms with van der Waals surface area (Å²) in [4.78, 5) is 0. The number of hydrogen-bond donors (Lipinski definition) is 2. The van der Waals surface area contributed by atoms with Gasteiger partial charge >= 0.3 is 0 Å². The third-order valence-corrected chi connectivity index (χ3v) is 4.09. The maximum Gasteiger partial charge on any atom is 0.179 e. The van der Waals surface area contributed by atoms with Crippen LogP contribution in [0.25, 0.3) is 0 Å². The smallest absolute Gasteiger partial charge is 0.179 e. The summed E-state index contributed by atoms with van der Waals surface area (Å²) >= 11 is 6.42. The highest BCUT2D eigenvalue weighted by Gasteiger charge is 2.17. The van der Waals surface area contributed by atoms with Gasteiger partial charge in [-0.3, -0.25) is 0 Å². The molecule has 2 aromatic rings. The van der Waals surface area contributed by atoms with Gasteiger partial charge in [0.2, 0.25) is 0 Å². The first-order chi connectivity index (χ1) is 10.6. The molecule has 0 amide bonds. The van der Waals surface area contributed by atoms with E-state index in [0.717, 1.165) is 11.1 Å². The summed E-state index contributed by atoms with van der Waals surface area (Å²) in [6.45, 7) is 0.482. The zero-order chi connectivity index (χ0) is 16.1. The van der Waals surface area contributed by atoms with Gasteiger partial charge in [-0.05, 0) is 42.3 Å². The standard InChI is InChI=1S/C17H20ClNO3/c1-21-15-8-5-12(16(18)17(15)22-2)9-13(10-19)11-3-6-14(20)7-4-11/h3-8,13,20H,9-10,19H2,1-2H3. The van der Waals surface area contributed by atoms with Crippen LogP contribution in [0.3, 0.4) is 0 Å². The first-order valence-corrected chi connectivity index (χ1v) is 7.36. The third-order valence-electron chi connectivity index (χ3n) is 3.68. The molecule has 5 heteroatoms. The Balaban J connectivity index is 2.30. The van der Waals surface area contributed by atoms with Crippen LogP contribution in [0, 0.1) is 0 Å². The zero-order valence-corrected chi connectivity index (χ0v) is 13.4. The van der Waals surface area contributed by atoms with Gasteiger partial charge in [0.25, 0.3) is 0 Å². The predicted molar refractivity (Wildman–Crippen MR) is 88.2 cm³/mol. The SMILES string of the molecule is COc1ccc(CC(CN)c2ccc(O)cc2)c(Cl)c1OC. The lowest BCUT2D eigenvalue weighted by atomic mass is 9.92. The number of halogens is 1. The minimum atomic E-state index is 0.108. The van der Waals surface area contributed by atoms with Crippen LogP contribution in [-0.2, 0) is 6.42 Å². The van der Waals surface area contributed by atoms with Gasteiger partial charge in [-0.1, -0.05) is 29.8 Å². The van der Waals surface area contributed by atoms with E-state index in [-0.39, 0.29) is 11.7 Å². The molecule has 0 saturated carbocycles. The average molecular weight is 322 g/mol. The van der Waals surface area contributed by atoms with E-state index in [0.29, 0.717) is 29.5 Å². The molecule has 0 aromatic heterocycles. The van der Waals surface area contributed by atoms with E-state index in [1.165, 1.54) is 0 Å². The molecule has 0 radical (unpaired) electrons. The number of phenols is 1. The Bertz CT molecular complexity index is 629. The van der Waals surface area contributed by atoms with Crippen LogP contribution in [0.5, 0.6) is 17.2 Å². The molecule has 0 fully saturated rings. The number of benzene rings is 2. The van der Waals surface area contributed by atoms with Gasteiger partial charge in [0.05, 0.1) is 19.2 Å². The maximum atomic E-state index is 9.39. The molecular formula is C17H20ClNO3. The van der Waals surface area contributed by atoms with Crippen molar-refractivity contribution in [1.29, 1.82) is 0 Å². The lowest BCUT2D eigenvalue weighted by Crippen LogP contribution is -2.15. The minimum Gasteiger partial charge on any atom is -0.508 e. The third kappa shape index (κ3) is 3.46. The molecule has 2 aromatic carbocycles. The molecule has 3 N–H and O–H groups in total. The molecule has 4 nitrogen and oxygen atoms in total. The van der Waals surface area contributed by atoms with E-state index in [4.69, 9.17) is 26.8 Å². The highest BCUT2D eigenvalue weighted by molar-refractivity contribution is 6.33. The maximum absolute atomic E-state index is 9.39. The van der Waals surface area contributed by atoms with Crippen molar-refractivity contribution in [3.05, 3.63) is 52.5 Å². The molecule has 1 unspecified atom stereocenters. The fraction of sp³-hybridized carbons (Fsp3) is 0.294. The summed E-state index contributed by atoms with van der Waals surface area (Å²) in [6.07, 6.45) is 0.681. The number of hydrogen-bond acceptors (Lipinski definition) is 4.